The number of rotatable bonds is 6. The normalized spacial score (nSPS) is 20.3. The molecule has 0 atom stereocenters. The maximum Gasteiger partial charge on any atom is 0.445 e. The van der Waals surface area contributed by atoms with Gasteiger partial charge in [-0.05, 0) is 18.9 Å². The van der Waals surface area contributed by atoms with Gasteiger partial charge in [0.25, 0.3) is 5.91 Å². The SMILES string of the molecule is N#CC1(NS(=O)(=O)c2cc(N3CCN(C(=O)C4(F)CNC4)CC3)c3cnc(-c4nnc(C(F)(F)F)s4)n3c2)CC1. The zero-order valence-corrected chi connectivity index (χ0v) is 22.2. The van der Waals surface area contributed by atoms with Gasteiger partial charge < -0.3 is 15.1 Å². The molecule has 3 aromatic heterocycles. The van der Waals surface area contributed by atoms with Crippen LogP contribution in [0.15, 0.2) is 23.4 Å². The average molecular weight is 600 g/mol. The van der Waals surface area contributed by atoms with Crippen LogP contribution in [-0.2, 0) is 21.0 Å². The molecule has 0 radical (unpaired) electrons. The summed E-state index contributed by atoms with van der Waals surface area (Å²) in [6.45, 7) is 0.725. The van der Waals surface area contributed by atoms with Gasteiger partial charge in [-0.1, -0.05) is 11.3 Å². The fourth-order valence-electron chi connectivity index (χ4n) is 4.65. The van der Waals surface area contributed by atoms with Crippen LogP contribution in [0.3, 0.4) is 0 Å². The second kappa shape index (κ2) is 9.06. The summed E-state index contributed by atoms with van der Waals surface area (Å²) in [6, 6.07) is 3.35. The maximum absolute atomic E-state index is 14.6. The number of imidazole rings is 1. The van der Waals surface area contributed by atoms with Gasteiger partial charge in [-0.25, -0.2) is 17.8 Å². The number of hydrogen-bond donors (Lipinski definition) is 2. The van der Waals surface area contributed by atoms with E-state index in [1.54, 1.807) is 4.90 Å². The highest BCUT2D eigenvalue weighted by molar-refractivity contribution is 7.89. The number of amides is 1. The Morgan fingerprint density at radius 2 is 1.88 bits per heavy atom. The Morgan fingerprint density at radius 3 is 2.42 bits per heavy atom. The molecule has 3 aromatic rings. The van der Waals surface area contributed by atoms with Crippen LogP contribution in [0.25, 0.3) is 16.3 Å². The molecule has 40 heavy (non-hydrogen) atoms. The van der Waals surface area contributed by atoms with Crippen LogP contribution in [0, 0.1) is 11.3 Å². The minimum atomic E-state index is -4.72. The molecule has 2 saturated heterocycles. The first kappa shape index (κ1) is 26.8. The highest BCUT2D eigenvalue weighted by Crippen LogP contribution is 2.38. The highest BCUT2D eigenvalue weighted by Gasteiger charge is 2.48. The summed E-state index contributed by atoms with van der Waals surface area (Å²) in [5.41, 5.74) is -2.39. The smallest absolute Gasteiger partial charge is 0.366 e. The van der Waals surface area contributed by atoms with E-state index in [4.69, 9.17) is 0 Å². The Balaban J connectivity index is 1.38. The minimum Gasteiger partial charge on any atom is -0.366 e. The second-order valence-corrected chi connectivity index (χ2v) is 12.6. The zero-order chi connectivity index (χ0) is 28.5. The largest absolute Gasteiger partial charge is 0.445 e. The van der Waals surface area contributed by atoms with Crippen LogP contribution in [-0.4, -0.2) is 89.3 Å². The van der Waals surface area contributed by atoms with Crippen molar-refractivity contribution in [3.63, 3.8) is 0 Å². The second-order valence-electron chi connectivity index (χ2n) is 9.96. The number of nitriles is 1. The van der Waals surface area contributed by atoms with Gasteiger partial charge in [0.2, 0.25) is 20.7 Å². The fourth-order valence-corrected chi connectivity index (χ4v) is 6.75. The molecule has 0 spiro atoms. The number of pyridine rings is 1. The van der Waals surface area contributed by atoms with Crippen LogP contribution in [0.1, 0.15) is 17.8 Å². The number of anilines is 1. The van der Waals surface area contributed by atoms with Gasteiger partial charge in [0, 0.05) is 45.5 Å². The molecule has 2 aliphatic heterocycles. The molecule has 6 rings (SSSR count). The maximum atomic E-state index is 14.6. The number of halogens is 4. The first-order valence-corrected chi connectivity index (χ1v) is 14.5. The Kier molecular flexibility index (Phi) is 6.07. The molecule has 5 heterocycles. The molecular weight excluding hydrogens is 578 g/mol. The summed E-state index contributed by atoms with van der Waals surface area (Å²) < 4.78 is 84.6. The molecule has 3 fully saturated rings. The molecule has 1 aliphatic carbocycles. The van der Waals surface area contributed by atoms with Crippen molar-refractivity contribution in [2.24, 2.45) is 0 Å². The van der Waals surface area contributed by atoms with Crippen molar-refractivity contribution in [2.45, 2.75) is 35.1 Å². The van der Waals surface area contributed by atoms with Gasteiger partial charge in [-0.2, -0.15) is 23.2 Å². The lowest BCUT2D eigenvalue weighted by molar-refractivity contribution is -0.147. The number of carbonyl (C=O) groups excluding carboxylic acids is 1. The third kappa shape index (κ3) is 4.56. The van der Waals surface area contributed by atoms with E-state index >= 15 is 0 Å². The molecule has 0 aromatic carbocycles. The number of fused-ring (bicyclic) bond motifs is 1. The molecule has 1 saturated carbocycles. The van der Waals surface area contributed by atoms with E-state index in [1.165, 1.54) is 27.8 Å². The van der Waals surface area contributed by atoms with Crippen molar-refractivity contribution in [3.8, 4) is 16.9 Å². The molecule has 18 heteroatoms. The average Bonchev–Trinajstić information content (AvgIpc) is 3.27. The standard InChI is InChI=1S/C22H21F4N9O3S2/c23-21(11-28-12-21)19(36)34-5-3-33(4-6-34)14-7-13(40(37,38)32-20(10-27)1-2-20)9-35-15(14)8-29-16(35)17-30-31-18(39-17)22(24,25)26/h7-9,28,32H,1-6,11-12H2. The van der Waals surface area contributed by atoms with Crippen molar-refractivity contribution in [1.82, 2.24) is 34.5 Å². The number of piperazine rings is 1. The molecule has 0 unspecified atom stereocenters. The van der Waals surface area contributed by atoms with E-state index in [9.17, 15) is 36.0 Å². The number of carbonyl (C=O) groups is 1. The first-order valence-electron chi connectivity index (χ1n) is 12.2. The predicted molar refractivity (Wildman–Crippen MR) is 132 cm³/mol. The lowest BCUT2D eigenvalue weighted by atomic mass is 9.97. The van der Waals surface area contributed by atoms with Crippen LogP contribution in [0.5, 0.6) is 0 Å². The van der Waals surface area contributed by atoms with Crippen LogP contribution < -0.4 is 14.9 Å². The van der Waals surface area contributed by atoms with Gasteiger partial charge in [-0.3, -0.25) is 9.20 Å². The predicted octanol–water partition coefficient (Wildman–Crippen LogP) is 1.17. The van der Waals surface area contributed by atoms with Gasteiger partial charge >= 0.3 is 6.18 Å². The lowest BCUT2D eigenvalue weighted by Gasteiger charge is -2.42. The van der Waals surface area contributed by atoms with Gasteiger partial charge in [0.15, 0.2) is 10.8 Å². The third-order valence-electron chi connectivity index (χ3n) is 7.16. The zero-order valence-electron chi connectivity index (χ0n) is 20.6. The Hall–Kier alpha value is -3.40. The third-order valence-corrected chi connectivity index (χ3v) is 9.63. The Morgan fingerprint density at radius 1 is 1.18 bits per heavy atom. The lowest BCUT2D eigenvalue weighted by Crippen LogP contribution is -2.66. The van der Waals surface area contributed by atoms with Gasteiger partial charge in [0.05, 0.1) is 23.5 Å². The molecule has 2 N–H and O–H groups in total. The Labute approximate surface area is 228 Å². The monoisotopic (exact) mass is 599 g/mol. The van der Waals surface area contributed by atoms with E-state index in [0.29, 0.717) is 24.0 Å². The van der Waals surface area contributed by atoms with Crippen molar-refractivity contribution in [3.05, 3.63) is 23.5 Å². The quantitative estimate of drug-likeness (QED) is 0.398. The molecular formula is C22H21F4N9O3S2. The fraction of sp³-hybridized carbons (Fsp3) is 0.500. The number of nitrogens with one attached hydrogen (secondary N) is 2. The first-order chi connectivity index (χ1) is 18.8. The molecule has 0 bridgehead atoms. The van der Waals surface area contributed by atoms with Crippen LogP contribution >= 0.6 is 11.3 Å². The van der Waals surface area contributed by atoms with Crippen molar-refractivity contribution in [1.29, 1.82) is 5.26 Å². The molecule has 1 amide bonds. The van der Waals surface area contributed by atoms with Crippen molar-refractivity contribution < 1.29 is 30.8 Å². The molecule has 212 valence electrons. The molecule has 12 nitrogen and oxygen atoms in total. The summed E-state index contributed by atoms with van der Waals surface area (Å²) >= 11 is 0.267. The van der Waals surface area contributed by atoms with Crippen LogP contribution in [0.4, 0.5) is 23.2 Å². The van der Waals surface area contributed by atoms with Crippen LogP contribution in [0.2, 0.25) is 0 Å². The highest BCUT2D eigenvalue weighted by atomic mass is 32.2. The van der Waals surface area contributed by atoms with Crippen molar-refractivity contribution in [2.75, 3.05) is 44.2 Å². The van der Waals surface area contributed by atoms with E-state index < -0.39 is 38.3 Å². The summed E-state index contributed by atoms with van der Waals surface area (Å²) in [4.78, 5) is 19.8. The van der Waals surface area contributed by atoms with Gasteiger partial charge in [-0.15, -0.1) is 10.2 Å². The number of alkyl halides is 4. The summed E-state index contributed by atoms with van der Waals surface area (Å²) in [6.07, 6.45) is -1.43. The summed E-state index contributed by atoms with van der Waals surface area (Å²) in [5.74, 6) is -0.653. The van der Waals surface area contributed by atoms with E-state index in [1.807, 2.05) is 6.07 Å². The Bertz CT molecular complexity index is 1650. The van der Waals surface area contributed by atoms with E-state index in [0.717, 1.165) is 0 Å². The van der Waals surface area contributed by atoms with Crippen molar-refractivity contribution >= 4 is 38.5 Å². The summed E-state index contributed by atoms with van der Waals surface area (Å²) in [7, 11) is -4.24. The molecule has 3 aliphatic rings. The topological polar surface area (TPSA) is 149 Å². The minimum absolute atomic E-state index is 0.0478. The van der Waals surface area contributed by atoms with Gasteiger partial charge in [0.1, 0.15) is 10.4 Å². The number of hydrogen-bond acceptors (Lipinski definition) is 10. The van der Waals surface area contributed by atoms with E-state index in [-0.39, 0.29) is 66.3 Å². The van der Waals surface area contributed by atoms with E-state index in [2.05, 4.69) is 25.2 Å². The number of nitrogens with zero attached hydrogens (tertiary/aromatic N) is 7. The number of aromatic nitrogens is 4. The summed E-state index contributed by atoms with van der Waals surface area (Å²) in [5, 5.41) is 17.6. The number of sulfonamides is 1.